The van der Waals surface area contributed by atoms with E-state index in [1.54, 1.807) is 0 Å². The van der Waals surface area contributed by atoms with Crippen molar-refractivity contribution in [2.75, 3.05) is 0 Å². The summed E-state index contributed by atoms with van der Waals surface area (Å²) in [6.07, 6.45) is 6.10. The smallest absolute Gasteiger partial charge is 0.261 e. The van der Waals surface area contributed by atoms with Crippen molar-refractivity contribution in [3.05, 3.63) is 24.1 Å². The largest absolute Gasteiger partial charge is 0.392 e. The van der Waals surface area contributed by atoms with Crippen LogP contribution < -0.4 is 10.5 Å². The van der Waals surface area contributed by atoms with Gasteiger partial charge in [0, 0.05) is 6.20 Å². The number of hydrogen-bond donors (Lipinski definition) is 2. The maximum atomic E-state index is 13.6. The van der Waals surface area contributed by atoms with Crippen LogP contribution in [0.3, 0.4) is 0 Å². The van der Waals surface area contributed by atoms with Crippen molar-refractivity contribution in [3.8, 4) is 0 Å². The zero-order chi connectivity index (χ0) is 15.5. The number of rotatable bonds is 5. The van der Waals surface area contributed by atoms with Gasteiger partial charge in [0.1, 0.15) is 0 Å². The van der Waals surface area contributed by atoms with E-state index in [4.69, 9.17) is 18.0 Å². The van der Waals surface area contributed by atoms with Crippen molar-refractivity contribution in [2.45, 2.75) is 43.2 Å². The van der Waals surface area contributed by atoms with Gasteiger partial charge in [-0.25, -0.2) is 17.8 Å². The van der Waals surface area contributed by atoms with E-state index in [1.807, 2.05) is 0 Å². The molecule has 1 heterocycles. The van der Waals surface area contributed by atoms with Gasteiger partial charge in [0.25, 0.3) is 10.0 Å². The summed E-state index contributed by atoms with van der Waals surface area (Å²) in [4.78, 5) is 3.68. The van der Waals surface area contributed by atoms with E-state index in [0.29, 0.717) is 0 Å². The van der Waals surface area contributed by atoms with Gasteiger partial charge in [-0.3, -0.25) is 0 Å². The van der Waals surface area contributed by atoms with E-state index in [-0.39, 0.29) is 10.9 Å². The van der Waals surface area contributed by atoms with Gasteiger partial charge in [-0.2, -0.15) is 4.72 Å². The Morgan fingerprint density at radius 2 is 2.10 bits per heavy atom. The Morgan fingerprint density at radius 1 is 1.43 bits per heavy atom. The Bertz CT molecular complexity index is 616. The fraction of sp³-hybridized carbons (Fsp3) is 0.538. The zero-order valence-corrected chi connectivity index (χ0v) is 13.1. The van der Waals surface area contributed by atoms with Crippen LogP contribution in [0.4, 0.5) is 4.39 Å². The van der Waals surface area contributed by atoms with E-state index in [0.717, 1.165) is 38.2 Å². The van der Waals surface area contributed by atoms with Crippen molar-refractivity contribution in [1.29, 1.82) is 0 Å². The van der Waals surface area contributed by atoms with Gasteiger partial charge < -0.3 is 5.73 Å². The van der Waals surface area contributed by atoms with Crippen LogP contribution in [-0.4, -0.2) is 24.4 Å². The Hall–Kier alpha value is -1.12. The summed E-state index contributed by atoms with van der Waals surface area (Å²) in [6.45, 7) is 0. The Balaban J connectivity index is 2.23. The second-order valence-electron chi connectivity index (χ2n) is 5.19. The topological polar surface area (TPSA) is 85.1 Å². The first-order valence-corrected chi connectivity index (χ1v) is 8.73. The first-order chi connectivity index (χ1) is 9.92. The molecule has 8 heteroatoms. The number of nitrogens with zero attached hydrogens (tertiary/aromatic N) is 1. The third kappa shape index (κ3) is 3.96. The van der Waals surface area contributed by atoms with Gasteiger partial charge in [-0.15, -0.1) is 0 Å². The normalized spacial score (nSPS) is 18.3. The molecule has 21 heavy (non-hydrogen) atoms. The molecule has 0 bridgehead atoms. The summed E-state index contributed by atoms with van der Waals surface area (Å²) < 4.78 is 40.6. The zero-order valence-electron chi connectivity index (χ0n) is 11.5. The van der Waals surface area contributed by atoms with Crippen molar-refractivity contribution in [3.63, 3.8) is 0 Å². The molecule has 5 nitrogen and oxygen atoms in total. The number of nitrogens with one attached hydrogen (secondary N) is 1. The second kappa shape index (κ2) is 6.76. The highest BCUT2D eigenvalue weighted by Crippen LogP contribution is 2.27. The van der Waals surface area contributed by atoms with Gasteiger partial charge in [0.05, 0.1) is 11.0 Å². The monoisotopic (exact) mass is 331 g/mol. The van der Waals surface area contributed by atoms with Gasteiger partial charge >= 0.3 is 0 Å². The van der Waals surface area contributed by atoms with Crippen molar-refractivity contribution in [1.82, 2.24) is 9.71 Å². The predicted molar refractivity (Wildman–Crippen MR) is 81.7 cm³/mol. The molecule has 0 aliphatic heterocycles. The minimum absolute atomic E-state index is 0.0535. The highest BCUT2D eigenvalue weighted by molar-refractivity contribution is 7.89. The number of aromatic nitrogens is 1. The molecule has 1 aliphatic rings. The lowest BCUT2D eigenvalue weighted by atomic mass is 9.84. The van der Waals surface area contributed by atoms with E-state index in [9.17, 15) is 12.8 Å². The molecule has 1 fully saturated rings. The molecule has 1 atom stereocenters. The summed E-state index contributed by atoms with van der Waals surface area (Å²) in [5.74, 6) is -0.840. The number of nitrogens with two attached hydrogens (primary N) is 1. The molecule has 1 aliphatic carbocycles. The molecule has 1 aromatic rings. The van der Waals surface area contributed by atoms with Gasteiger partial charge in [-0.1, -0.05) is 31.5 Å². The lowest BCUT2D eigenvalue weighted by molar-refractivity contribution is 0.330. The van der Waals surface area contributed by atoms with E-state index in [1.165, 1.54) is 12.3 Å². The Labute approximate surface area is 129 Å². The van der Waals surface area contributed by atoms with Crippen LogP contribution in [-0.2, 0) is 10.0 Å². The first-order valence-electron chi connectivity index (χ1n) is 6.84. The minimum atomic E-state index is -4.09. The van der Waals surface area contributed by atoms with Crippen LogP contribution in [0.15, 0.2) is 23.4 Å². The minimum Gasteiger partial charge on any atom is -0.392 e. The van der Waals surface area contributed by atoms with E-state index in [2.05, 4.69) is 9.71 Å². The number of thiocarbonyl (C=S) groups is 1. The summed E-state index contributed by atoms with van der Waals surface area (Å²) >= 11 is 4.99. The quantitative estimate of drug-likeness (QED) is 0.803. The Kier molecular flexibility index (Phi) is 5.23. The molecular formula is C13H18FN3O2S2. The molecule has 1 saturated carbocycles. The first kappa shape index (κ1) is 16.3. The van der Waals surface area contributed by atoms with Crippen molar-refractivity contribution < 1.29 is 12.8 Å². The highest BCUT2D eigenvalue weighted by atomic mass is 32.2. The fourth-order valence-corrected chi connectivity index (χ4v) is 4.26. The molecule has 1 aromatic heterocycles. The molecule has 0 aromatic carbocycles. The average molecular weight is 331 g/mol. The summed E-state index contributed by atoms with van der Waals surface area (Å²) in [5, 5.41) is -0.623. The summed E-state index contributed by atoms with van der Waals surface area (Å²) in [6, 6.07) is 1.73. The summed E-state index contributed by atoms with van der Waals surface area (Å²) in [7, 11) is -4.09. The molecule has 1 unspecified atom stereocenters. The SMILES string of the molecule is NC(=S)C(NS(=O)(=O)c1ncccc1F)C1CCCCC1. The Morgan fingerprint density at radius 3 is 2.67 bits per heavy atom. The molecule has 116 valence electrons. The molecule has 0 saturated heterocycles. The van der Waals surface area contributed by atoms with Crippen molar-refractivity contribution in [2.24, 2.45) is 11.7 Å². The number of pyridine rings is 1. The van der Waals surface area contributed by atoms with Crippen LogP contribution in [0.2, 0.25) is 0 Å². The molecule has 2 rings (SSSR count). The molecule has 0 amide bonds. The predicted octanol–water partition coefficient (Wildman–Crippen LogP) is 1.73. The second-order valence-corrected chi connectivity index (χ2v) is 7.29. The van der Waals surface area contributed by atoms with Crippen LogP contribution in [0.5, 0.6) is 0 Å². The van der Waals surface area contributed by atoms with Crippen LogP contribution >= 0.6 is 12.2 Å². The number of hydrogen-bond acceptors (Lipinski definition) is 4. The van der Waals surface area contributed by atoms with E-state index < -0.39 is 26.9 Å². The lowest BCUT2D eigenvalue weighted by Crippen LogP contribution is -2.49. The van der Waals surface area contributed by atoms with Crippen molar-refractivity contribution >= 4 is 27.2 Å². The number of sulfonamides is 1. The molecule has 0 radical (unpaired) electrons. The molecule has 0 spiro atoms. The standard InChI is InChI=1S/C13H18FN3O2S2/c14-10-7-4-8-16-13(10)21(18,19)17-11(12(15)20)9-5-2-1-3-6-9/h4,7-9,11,17H,1-3,5-6H2,(H2,15,20). The highest BCUT2D eigenvalue weighted by Gasteiger charge is 2.32. The average Bonchev–Trinajstić information content (AvgIpc) is 2.46. The maximum Gasteiger partial charge on any atom is 0.261 e. The maximum absolute atomic E-state index is 13.6. The molecular weight excluding hydrogens is 313 g/mol. The van der Waals surface area contributed by atoms with Crippen LogP contribution in [0, 0.1) is 11.7 Å². The third-order valence-corrected chi connectivity index (χ3v) is 5.32. The van der Waals surface area contributed by atoms with E-state index >= 15 is 0 Å². The van der Waals surface area contributed by atoms with Crippen LogP contribution in [0.25, 0.3) is 0 Å². The lowest BCUT2D eigenvalue weighted by Gasteiger charge is -2.29. The third-order valence-electron chi connectivity index (χ3n) is 3.69. The summed E-state index contributed by atoms with van der Waals surface area (Å²) in [5.41, 5.74) is 5.68. The van der Waals surface area contributed by atoms with Gasteiger partial charge in [0.15, 0.2) is 5.82 Å². The number of halogens is 1. The van der Waals surface area contributed by atoms with Crippen LogP contribution in [0.1, 0.15) is 32.1 Å². The van der Waals surface area contributed by atoms with Gasteiger partial charge in [0.2, 0.25) is 5.03 Å². The van der Waals surface area contributed by atoms with Gasteiger partial charge in [-0.05, 0) is 30.9 Å². The fourth-order valence-electron chi connectivity index (χ4n) is 2.65. The molecule has 3 N–H and O–H groups in total.